The zero-order valence-corrected chi connectivity index (χ0v) is 44.9. The molecule has 15 rings (SSSR count). The van der Waals surface area contributed by atoms with Gasteiger partial charge in [0.15, 0.2) is 0 Å². The highest BCUT2D eigenvalue weighted by Gasteiger charge is 2.39. The van der Waals surface area contributed by atoms with E-state index >= 15 is 0 Å². The maximum absolute atomic E-state index is 6.47. The molecule has 3 aliphatic rings. The van der Waals surface area contributed by atoms with E-state index in [0.717, 1.165) is 33.0 Å². The number of ether oxygens (including phenoxy) is 2. The zero-order valence-electron chi connectivity index (χ0n) is 44.9. The molecular weight excluding hydrogens is 933 g/mol. The van der Waals surface area contributed by atoms with E-state index in [0.29, 0.717) is 0 Å². The Labute approximate surface area is 451 Å². The van der Waals surface area contributed by atoms with Crippen LogP contribution in [0, 0.1) is 0 Å². The summed E-state index contributed by atoms with van der Waals surface area (Å²) in [4.78, 5) is 0. The molecule has 0 saturated carbocycles. The van der Waals surface area contributed by atoms with Gasteiger partial charge in [0, 0.05) is 38.1 Å². The zero-order chi connectivity index (χ0) is 52.3. The molecule has 77 heavy (non-hydrogen) atoms. The molecule has 0 amide bonds. The lowest BCUT2D eigenvalue weighted by molar-refractivity contribution is 0.420. The Kier molecular flexibility index (Phi) is 9.58. The van der Waals surface area contributed by atoms with Crippen molar-refractivity contribution in [2.75, 3.05) is 14.2 Å². The van der Waals surface area contributed by atoms with Crippen LogP contribution in [-0.2, 0) is 16.2 Å². The van der Waals surface area contributed by atoms with Gasteiger partial charge in [0.2, 0.25) is 0 Å². The topological polar surface area (TPSA) is 18.5 Å². The molecule has 0 fully saturated rings. The van der Waals surface area contributed by atoms with Crippen LogP contribution in [0.4, 0.5) is 0 Å². The minimum atomic E-state index is -0.254. The summed E-state index contributed by atoms with van der Waals surface area (Å²) in [6.45, 7) is 14.3. The van der Waals surface area contributed by atoms with Crippen molar-refractivity contribution >= 4 is 43.1 Å². The van der Waals surface area contributed by atoms with E-state index in [1.165, 1.54) is 133 Å². The molecule has 0 N–H and O–H groups in total. The van der Waals surface area contributed by atoms with E-state index in [1.54, 1.807) is 0 Å². The number of hydrogen-bond acceptors (Lipinski definition) is 2. The van der Waals surface area contributed by atoms with E-state index in [1.807, 2.05) is 14.2 Å². The summed E-state index contributed by atoms with van der Waals surface area (Å²) in [5.74, 6) is 1.70. The quantitative estimate of drug-likeness (QED) is 0.155. The number of fused-ring (bicyclic) bond motifs is 13. The van der Waals surface area contributed by atoms with Gasteiger partial charge in [-0.25, -0.2) is 0 Å². The average Bonchev–Trinajstić information content (AvgIpc) is 3.99. The lowest BCUT2D eigenvalue weighted by Crippen LogP contribution is -2.15. The molecule has 2 nitrogen and oxygen atoms in total. The SMILES string of the molecule is COc1cccc2c(-c3c4ccccc4c(-c4ccc5c(c4)C(C)(C)c4cc(-c6ccc7c(c6)C(C)(C)c6ccccc6-7)ccc4-5)c4c(OC)cccc34)c3ccccc3c(-c3ccc4c(c3)C(C)(C)c3ccccc3-4)c12. The average molecular weight is 991 g/mol. The maximum Gasteiger partial charge on any atom is 0.127 e. The summed E-state index contributed by atoms with van der Waals surface area (Å²) in [5.41, 5.74) is 25.3. The van der Waals surface area contributed by atoms with Crippen LogP contribution in [0.2, 0.25) is 0 Å². The fourth-order valence-electron chi connectivity index (χ4n) is 14.7. The van der Waals surface area contributed by atoms with Crippen molar-refractivity contribution in [2.45, 2.75) is 57.8 Å². The Morgan fingerprint density at radius 2 is 0.532 bits per heavy atom. The second-order valence-electron chi connectivity index (χ2n) is 23.4. The molecular formula is C75H58O2. The Morgan fingerprint density at radius 1 is 0.247 bits per heavy atom. The van der Waals surface area contributed by atoms with E-state index in [-0.39, 0.29) is 16.2 Å². The normalized spacial score (nSPS) is 14.8. The molecule has 0 radical (unpaired) electrons. The highest BCUT2D eigenvalue weighted by atomic mass is 16.5. The van der Waals surface area contributed by atoms with E-state index in [4.69, 9.17) is 9.47 Å². The minimum absolute atomic E-state index is 0.0610. The molecule has 0 saturated heterocycles. The van der Waals surface area contributed by atoms with E-state index < -0.39 is 0 Å². The standard InChI is InChI=1S/C75H58O2/c1-73(2)59-27-15-13-19-47(59)49-35-31-43(39-61(49)73)44-32-36-51-52-38-34-46(42-64(52)75(5,6)62(51)40-44)68-54-22-10-12-24-56(54)70(58-26-18-30-66(77-8)72(58)68)69-55-23-11-9-21-53(55)67(71-57(69)25-17-29-65(71)76-7)45-33-37-50-48-20-14-16-28-60(48)74(3,4)63(50)41-45/h9-42H,1-8H3. The predicted molar refractivity (Wildman–Crippen MR) is 324 cm³/mol. The van der Waals surface area contributed by atoms with Gasteiger partial charge < -0.3 is 9.47 Å². The number of benzene rings is 12. The summed E-state index contributed by atoms with van der Waals surface area (Å²) in [5, 5.41) is 9.25. The summed E-state index contributed by atoms with van der Waals surface area (Å²) in [6.07, 6.45) is 0. The van der Waals surface area contributed by atoms with Crippen LogP contribution in [0.1, 0.15) is 74.9 Å². The third-order valence-electron chi connectivity index (χ3n) is 18.5. The Hall–Kier alpha value is -8.72. The van der Waals surface area contributed by atoms with Gasteiger partial charge in [-0.1, -0.05) is 211 Å². The van der Waals surface area contributed by atoms with Crippen molar-refractivity contribution in [3.05, 3.63) is 240 Å². The van der Waals surface area contributed by atoms with Crippen LogP contribution in [0.15, 0.2) is 206 Å². The van der Waals surface area contributed by atoms with Crippen molar-refractivity contribution in [3.8, 4) is 89.4 Å². The highest BCUT2D eigenvalue weighted by molar-refractivity contribution is 6.31. The molecule has 0 bridgehead atoms. The first-order valence-electron chi connectivity index (χ1n) is 27.2. The van der Waals surface area contributed by atoms with Gasteiger partial charge in [-0.2, -0.15) is 0 Å². The summed E-state index contributed by atoms with van der Waals surface area (Å²) >= 11 is 0. The van der Waals surface area contributed by atoms with Crippen molar-refractivity contribution in [1.29, 1.82) is 0 Å². The van der Waals surface area contributed by atoms with Crippen molar-refractivity contribution < 1.29 is 9.47 Å². The fraction of sp³-hybridized carbons (Fsp3) is 0.147. The molecule has 0 aliphatic heterocycles. The monoisotopic (exact) mass is 990 g/mol. The largest absolute Gasteiger partial charge is 0.496 e. The second-order valence-corrected chi connectivity index (χ2v) is 23.4. The van der Waals surface area contributed by atoms with Crippen molar-refractivity contribution in [1.82, 2.24) is 0 Å². The third-order valence-corrected chi connectivity index (χ3v) is 18.5. The van der Waals surface area contributed by atoms with Gasteiger partial charge in [-0.3, -0.25) is 0 Å². The first kappa shape index (κ1) is 45.7. The van der Waals surface area contributed by atoms with Crippen LogP contribution in [0.3, 0.4) is 0 Å². The first-order chi connectivity index (χ1) is 37.4. The van der Waals surface area contributed by atoms with Gasteiger partial charge >= 0.3 is 0 Å². The molecule has 12 aromatic rings. The molecule has 0 aromatic heterocycles. The van der Waals surface area contributed by atoms with Crippen LogP contribution >= 0.6 is 0 Å². The summed E-state index contributed by atoms with van der Waals surface area (Å²) in [7, 11) is 3.62. The number of hydrogen-bond donors (Lipinski definition) is 0. The molecule has 370 valence electrons. The van der Waals surface area contributed by atoms with Crippen LogP contribution in [-0.4, -0.2) is 14.2 Å². The van der Waals surface area contributed by atoms with Gasteiger partial charge in [-0.05, 0) is 169 Å². The van der Waals surface area contributed by atoms with Crippen molar-refractivity contribution in [2.24, 2.45) is 0 Å². The maximum atomic E-state index is 6.47. The smallest absolute Gasteiger partial charge is 0.127 e. The minimum Gasteiger partial charge on any atom is -0.496 e. The molecule has 3 aliphatic carbocycles. The van der Waals surface area contributed by atoms with Gasteiger partial charge in [-0.15, -0.1) is 0 Å². The van der Waals surface area contributed by atoms with E-state index in [9.17, 15) is 0 Å². The molecule has 0 atom stereocenters. The van der Waals surface area contributed by atoms with Gasteiger partial charge in [0.1, 0.15) is 11.5 Å². The summed E-state index contributed by atoms with van der Waals surface area (Å²) in [6, 6.07) is 77.7. The first-order valence-corrected chi connectivity index (χ1v) is 27.2. The Balaban J connectivity index is 0.924. The molecule has 0 heterocycles. The predicted octanol–water partition coefficient (Wildman–Crippen LogP) is 19.9. The van der Waals surface area contributed by atoms with Crippen molar-refractivity contribution in [3.63, 3.8) is 0 Å². The molecule has 12 aromatic carbocycles. The van der Waals surface area contributed by atoms with Crippen LogP contribution < -0.4 is 9.47 Å². The second kappa shape index (κ2) is 16.2. The Bertz CT molecular complexity index is 4560. The molecule has 0 unspecified atom stereocenters. The van der Waals surface area contributed by atoms with Crippen LogP contribution in [0.5, 0.6) is 11.5 Å². The number of rotatable bonds is 6. The van der Waals surface area contributed by atoms with E-state index in [2.05, 4.69) is 248 Å². The highest BCUT2D eigenvalue weighted by Crippen LogP contribution is 2.57. The van der Waals surface area contributed by atoms with Gasteiger partial charge in [0.05, 0.1) is 14.2 Å². The van der Waals surface area contributed by atoms with Crippen LogP contribution in [0.25, 0.3) is 121 Å². The summed E-state index contributed by atoms with van der Waals surface area (Å²) < 4.78 is 12.9. The lowest BCUT2D eigenvalue weighted by Gasteiger charge is -2.25. The Morgan fingerprint density at radius 3 is 0.909 bits per heavy atom. The molecule has 0 spiro atoms. The third kappa shape index (κ3) is 6.19. The van der Waals surface area contributed by atoms with Gasteiger partial charge in [0.25, 0.3) is 0 Å². The number of methoxy groups -OCH3 is 2. The fourth-order valence-corrected chi connectivity index (χ4v) is 14.7. The lowest BCUT2D eigenvalue weighted by atomic mass is 9.78. The molecule has 2 heteroatoms.